The number of fused-ring (bicyclic) bond motifs is 7. The van der Waals surface area contributed by atoms with Crippen LogP contribution in [0, 0.1) is 56.7 Å². The molecule has 0 spiro atoms. The van der Waals surface area contributed by atoms with Crippen molar-refractivity contribution in [2.45, 2.75) is 119 Å². The Morgan fingerprint density at radius 3 is 2.26 bits per heavy atom. The normalized spacial score (nSPS) is 45.8. The van der Waals surface area contributed by atoms with Crippen LogP contribution < -0.4 is 0 Å². The van der Waals surface area contributed by atoms with Crippen molar-refractivity contribution in [1.29, 1.82) is 0 Å². The van der Waals surface area contributed by atoms with Crippen LogP contribution in [0.25, 0.3) is 6.08 Å². The number of carbonyl (C=O) groups is 1. The number of hydrogen-bond donors (Lipinski definition) is 1. The summed E-state index contributed by atoms with van der Waals surface area (Å²) in [5.74, 6) is 3.57. The summed E-state index contributed by atoms with van der Waals surface area (Å²) in [5, 5.41) is 9.54. The van der Waals surface area contributed by atoms with E-state index in [-0.39, 0.29) is 28.7 Å². The minimum Gasteiger partial charge on any atom is -0.508 e. The van der Waals surface area contributed by atoms with E-state index in [1.54, 1.807) is 24.3 Å². The van der Waals surface area contributed by atoms with E-state index in [4.69, 9.17) is 4.74 Å². The van der Waals surface area contributed by atoms with E-state index in [0.717, 1.165) is 36.2 Å². The van der Waals surface area contributed by atoms with Gasteiger partial charge in [0.25, 0.3) is 0 Å². The van der Waals surface area contributed by atoms with Gasteiger partial charge in [0.15, 0.2) is 0 Å². The fraction of sp³-hybridized carbons (Fsp3) is 0.718. The van der Waals surface area contributed by atoms with Crippen molar-refractivity contribution in [3.8, 4) is 5.75 Å². The van der Waals surface area contributed by atoms with E-state index in [2.05, 4.69) is 55.0 Å². The molecule has 0 unspecified atom stereocenters. The fourth-order valence-electron chi connectivity index (χ4n) is 12.6. The van der Waals surface area contributed by atoms with Crippen LogP contribution in [0.3, 0.4) is 0 Å². The van der Waals surface area contributed by atoms with Crippen LogP contribution in [0.4, 0.5) is 0 Å². The number of allylic oxidation sites excluding steroid dienone is 1. The number of carbonyl (C=O) groups excluding carboxylic acids is 1. The molecule has 42 heavy (non-hydrogen) atoms. The lowest BCUT2D eigenvalue weighted by Crippen LogP contribution is -2.66. The number of hydrogen-bond acceptors (Lipinski definition) is 3. The van der Waals surface area contributed by atoms with E-state index in [0.29, 0.717) is 28.1 Å². The van der Waals surface area contributed by atoms with Crippen LogP contribution in [0.15, 0.2) is 42.5 Å². The third-order valence-corrected chi connectivity index (χ3v) is 15.0. The van der Waals surface area contributed by atoms with E-state index in [1.165, 1.54) is 56.9 Å². The molecule has 230 valence electrons. The molecule has 0 amide bonds. The molecule has 5 saturated carbocycles. The molecule has 10 atom stereocenters. The van der Waals surface area contributed by atoms with Crippen molar-refractivity contribution in [3.63, 3.8) is 0 Å². The molecule has 1 aromatic rings. The Hall–Kier alpha value is -2.03. The maximum atomic E-state index is 13.0. The maximum Gasteiger partial charge on any atom is 0.331 e. The third-order valence-electron chi connectivity index (χ3n) is 15.0. The predicted molar refractivity (Wildman–Crippen MR) is 172 cm³/mol. The quantitative estimate of drug-likeness (QED) is 0.222. The fourth-order valence-corrected chi connectivity index (χ4v) is 12.6. The highest BCUT2D eigenvalue weighted by molar-refractivity contribution is 5.87. The average Bonchev–Trinajstić information content (AvgIpc) is 3.28. The Morgan fingerprint density at radius 1 is 0.857 bits per heavy atom. The van der Waals surface area contributed by atoms with Crippen molar-refractivity contribution < 1.29 is 14.6 Å². The van der Waals surface area contributed by atoms with Crippen molar-refractivity contribution in [3.05, 3.63) is 48.1 Å². The van der Waals surface area contributed by atoms with Crippen molar-refractivity contribution in [1.82, 2.24) is 0 Å². The highest BCUT2D eigenvalue weighted by Gasteiger charge is 2.70. The molecule has 0 radical (unpaired) electrons. The molecule has 1 N–H and O–H groups in total. The minimum atomic E-state index is -0.257. The summed E-state index contributed by atoms with van der Waals surface area (Å²) < 4.78 is 6.22. The van der Waals surface area contributed by atoms with Crippen molar-refractivity contribution >= 4 is 12.0 Å². The first-order valence-electron chi connectivity index (χ1n) is 17.0. The van der Waals surface area contributed by atoms with Crippen LogP contribution in [0.5, 0.6) is 5.75 Å². The van der Waals surface area contributed by atoms with Crippen LogP contribution in [-0.2, 0) is 9.53 Å². The number of ether oxygens (including phenoxy) is 1. The van der Waals surface area contributed by atoms with E-state index < -0.39 is 0 Å². The molecule has 3 heteroatoms. The third kappa shape index (κ3) is 4.29. The summed E-state index contributed by atoms with van der Waals surface area (Å²) in [6.45, 7) is 22.3. The lowest BCUT2D eigenvalue weighted by atomic mass is 9.32. The van der Waals surface area contributed by atoms with Gasteiger partial charge in [0, 0.05) is 11.5 Å². The summed E-state index contributed by atoms with van der Waals surface area (Å²) in [6, 6.07) is 6.89. The lowest BCUT2D eigenvalue weighted by molar-refractivity contribution is -0.248. The first-order chi connectivity index (χ1) is 19.7. The van der Waals surface area contributed by atoms with Crippen molar-refractivity contribution in [2.75, 3.05) is 0 Å². The summed E-state index contributed by atoms with van der Waals surface area (Å²) in [5.41, 5.74) is 3.78. The largest absolute Gasteiger partial charge is 0.508 e. The second-order valence-electron chi connectivity index (χ2n) is 17.1. The number of rotatable bonds is 4. The smallest absolute Gasteiger partial charge is 0.331 e. The maximum absolute atomic E-state index is 13.0. The molecule has 3 nitrogen and oxygen atoms in total. The van der Waals surface area contributed by atoms with Gasteiger partial charge in [0.1, 0.15) is 11.9 Å². The summed E-state index contributed by atoms with van der Waals surface area (Å²) in [6.07, 6.45) is 16.2. The Kier molecular flexibility index (Phi) is 7.14. The minimum absolute atomic E-state index is 0.0598. The SMILES string of the molecule is C=C(C)[C@@H]1CC[C@]2(C)CC[C@]3(C)[C@H](CC[C@@H]4[C@@]5(C)CC[C@H](OC(=O)/C=C\c6ccc(O)cc6)C(C)(C)[C@@H]5CC[C@]43C)[C@@H]12. The van der Waals surface area contributed by atoms with Crippen molar-refractivity contribution in [2.24, 2.45) is 56.7 Å². The van der Waals surface area contributed by atoms with Crippen LogP contribution >= 0.6 is 0 Å². The van der Waals surface area contributed by atoms with Gasteiger partial charge in [-0.25, -0.2) is 4.79 Å². The Morgan fingerprint density at radius 2 is 1.57 bits per heavy atom. The number of phenols is 1. The van der Waals surface area contributed by atoms with Gasteiger partial charge >= 0.3 is 5.97 Å². The molecule has 5 aliphatic rings. The second-order valence-corrected chi connectivity index (χ2v) is 17.1. The number of esters is 1. The van der Waals surface area contributed by atoms with Gasteiger partial charge in [-0.2, -0.15) is 0 Å². The molecule has 0 saturated heterocycles. The van der Waals surface area contributed by atoms with Gasteiger partial charge in [0.2, 0.25) is 0 Å². The van der Waals surface area contributed by atoms with Gasteiger partial charge in [0.05, 0.1) is 0 Å². The summed E-state index contributed by atoms with van der Waals surface area (Å²) >= 11 is 0. The molecule has 0 heterocycles. The molecule has 5 fully saturated rings. The molecule has 1 aromatic carbocycles. The van der Waals surface area contributed by atoms with Crippen LogP contribution in [-0.4, -0.2) is 17.2 Å². The Balaban J connectivity index is 1.22. The molecule has 6 rings (SSSR count). The zero-order valence-corrected chi connectivity index (χ0v) is 27.5. The zero-order valence-electron chi connectivity index (χ0n) is 27.5. The highest BCUT2D eigenvalue weighted by Crippen LogP contribution is 2.77. The van der Waals surface area contributed by atoms with Gasteiger partial charge < -0.3 is 9.84 Å². The van der Waals surface area contributed by atoms with Gasteiger partial charge in [-0.1, -0.05) is 65.8 Å². The molecule has 0 bridgehead atoms. The molecule has 0 aliphatic heterocycles. The molecule has 0 aromatic heterocycles. The zero-order chi connectivity index (χ0) is 30.3. The standard InChI is InChI=1S/C39H56O3/c1-25(2)28-17-20-36(5)23-24-38(7)29(34(28)36)14-15-31-37(6)21-19-32(35(3,4)30(37)18-22-39(31,38)8)42-33(41)16-11-26-9-12-27(40)13-10-26/h9-13,16,28-32,34,40H,1,14-15,17-24H2,2-8H3/b16-11-/t28-,29+,30-,31+,32-,34+,36+,37-,38+,39+/m0/s1. The number of aromatic hydroxyl groups is 1. The lowest BCUT2D eigenvalue weighted by Gasteiger charge is -2.73. The number of benzene rings is 1. The van der Waals surface area contributed by atoms with Crippen LogP contribution in [0.1, 0.15) is 118 Å². The molecule has 5 aliphatic carbocycles. The monoisotopic (exact) mass is 572 g/mol. The van der Waals surface area contributed by atoms with Crippen LogP contribution in [0.2, 0.25) is 0 Å². The highest BCUT2D eigenvalue weighted by atomic mass is 16.5. The predicted octanol–water partition coefficient (Wildman–Crippen LogP) is 9.99. The Bertz CT molecular complexity index is 1260. The summed E-state index contributed by atoms with van der Waals surface area (Å²) in [4.78, 5) is 13.0. The van der Waals surface area contributed by atoms with E-state index in [9.17, 15) is 9.90 Å². The topological polar surface area (TPSA) is 46.5 Å². The molecular weight excluding hydrogens is 516 g/mol. The summed E-state index contributed by atoms with van der Waals surface area (Å²) in [7, 11) is 0. The number of phenolic OH excluding ortho intramolecular Hbond substituents is 1. The first-order valence-corrected chi connectivity index (χ1v) is 17.0. The molecular formula is C39H56O3. The van der Waals surface area contributed by atoms with Gasteiger partial charge in [-0.05, 0) is 146 Å². The van der Waals surface area contributed by atoms with E-state index >= 15 is 0 Å². The van der Waals surface area contributed by atoms with E-state index in [1.807, 2.05) is 12.1 Å². The van der Waals surface area contributed by atoms with Gasteiger partial charge in [-0.3, -0.25) is 0 Å². The Labute approximate surface area is 255 Å². The first kappa shape index (κ1) is 30.0. The second kappa shape index (κ2) is 10.00. The average molecular weight is 573 g/mol. The van der Waals surface area contributed by atoms with Gasteiger partial charge in [-0.15, -0.1) is 0 Å².